The van der Waals surface area contributed by atoms with Crippen LogP contribution in [-0.4, -0.2) is 47.4 Å². The number of carbonyl (C=O) groups is 3. The van der Waals surface area contributed by atoms with Crippen LogP contribution in [0.4, 0.5) is 5.69 Å². The largest absolute Gasteiger partial charge is 0.449 e. The molecule has 1 N–H and O–H groups in total. The maximum Gasteiger partial charge on any atom is 0.339 e. The van der Waals surface area contributed by atoms with Crippen LogP contribution in [0.1, 0.15) is 22.8 Å². The summed E-state index contributed by atoms with van der Waals surface area (Å²) < 4.78 is 5.14. The Morgan fingerprint density at radius 1 is 1.12 bits per heavy atom. The quantitative estimate of drug-likeness (QED) is 0.801. The van der Waals surface area contributed by atoms with Crippen molar-refractivity contribution in [2.24, 2.45) is 0 Å². The van der Waals surface area contributed by atoms with Crippen LogP contribution in [0, 0.1) is 6.92 Å². The Bertz CT molecular complexity index is 775. The van der Waals surface area contributed by atoms with Crippen molar-refractivity contribution in [3.8, 4) is 0 Å². The first kappa shape index (κ1) is 19.1. The van der Waals surface area contributed by atoms with Crippen molar-refractivity contribution in [3.05, 3.63) is 59.9 Å². The highest BCUT2D eigenvalue weighted by molar-refractivity contribution is 5.96. The number of aryl methyl sites for hydroxylation is 1. The maximum atomic E-state index is 12.3. The Labute approximate surface area is 152 Å². The summed E-state index contributed by atoms with van der Waals surface area (Å²) in [6, 6.07) is 10.3. The molecular formula is C19H21N3O4. The maximum absolute atomic E-state index is 12.3. The third kappa shape index (κ3) is 5.41. The zero-order valence-corrected chi connectivity index (χ0v) is 14.9. The lowest BCUT2D eigenvalue weighted by Gasteiger charge is -2.21. The molecule has 1 heterocycles. The number of aromatic nitrogens is 1. The topological polar surface area (TPSA) is 88.6 Å². The van der Waals surface area contributed by atoms with E-state index in [2.05, 4.69) is 10.3 Å². The average molecular weight is 355 g/mol. The number of nitrogens with zero attached hydrogens (tertiary/aromatic N) is 2. The fraction of sp³-hybridized carbons (Fsp3) is 0.263. The molecule has 0 aliphatic heterocycles. The van der Waals surface area contributed by atoms with E-state index >= 15 is 0 Å². The molecule has 0 saturated heterocycles. The molecule has 2 rings (SSSR count). The summed E-state index contributed by atoms with van der Waals surface area (Å²) in [4.78, 5) is 41.4. The van der Waals surface area contributed by atoms with Crippen LogP contribution in [0.3, 0.4) is 0 Å². The van der Waals surface area contributed by atoms with E-state index in [1.165, 1.54) is 43.4 Å². The van der Waals surface area contributed by atoms with Gasteiger partial charge in [0.1, 0.15) is 0 Å². The van der Waals surface area contributed by atoms with Gasteiger partial charge in [0, 0.05) is 25.1 Å². The molecule has 7 nitrogen and oxygen atoms in total. The molecular weight excluding hydrogens is 334 g/mol. The molecule has 0 spiro atoms. The third-order valence-corrected chi connectivity index (χ3v) is 3.64. The molecule has 2 amide bonds. The zero-order chi connectivity index (χ0) is 19.1. The van der Waals surface area contributed by atoms with Gasteiger partial charge in [-0.25, -0.2) is 4.79 Å². The number of hydrogen-bond donors (Lipinski definition) is 1. The van der Waals surface area contributed by atoms with E-state index in [-0.39, 0.29) is 12.5 Å². The van der Waals surface area contributed by atoms with Gasteiger partial charge in [0.05, 0.1) is 12.1 Å². The van der Waals surface area contributed by atoms with Crippen LogP contribution >= 0.6 is 0 Å². The standard InChI is InChI=1S/C19H21N3O4/c1-13-4-6-16(7-5-13)21-17(23)12-22(3)18(24)14(2)26-19(25)15-8-10-20-11-9-15/h4-11,14H,12H2,1-3H3,(H,21,23)/t14-/m0/s1. The summed E-state index contributed by atoms with van der Waals surface area (Å²) in [7, 11) is 1.48. The smallest absolute Gasteiger partial charge is 0.339 e. The summed E-state index contributed by atoms with van der Waals surface area (Å²) >= 11 is 0. The van der Waals surface area contributed by atoms with Gasteiger partial charge < -0.3 is 15.0 Å². The summed E-state index contributed by atoms with van der Waals surface area (Å²) in [5, 5.41) is 2.71. The second-order valence-corrected chi connectivity index (χ2v) is 5.89. The fourth-order valence-electron chi connectivity index (χ4n) is 2.21. The lowest BCUT2D eigenvalue weighted by molar-refractivity contribution is -0.140. The minimum atomic E-state index is -1.01. The summed E-state index contributed by atoms with van der Waals surface area (Å²) in [5.41, 5.74) is 2.04. The first-order valence-corrected chi connectivity index (χ1v) is 8.09. The van der Waals surface area contributed by atoms with Crippen LogP contribution in [0.15, 0.2) is 48.8 Å². The second kappa shape index (κ2) is 8.75. The van der Waals surface area contributed by atoms with Gasteiger partial charge in [0.2, 0.25) is 5.91 Å². The van der Waals surface area contributed by atoms with Gasteiger partial charge in [-0.2, -0.15) is 0 Å². The molecule has 0 fully saturated rings. The van der Waals surface area contributed by atoms with Crippen molar-refractivity contribution < 1.29 is 19.1 Å². The number of rotatable bonds is 6. The Hall–Kier alpha value is -3.22. The first-order valence-electron chi connectivity index (χ1n) is 8.09. The third-order valence-electron chi connectivity index (χ3n) is 3.64. The predicted molar refractivity (Wildman–Crippen MR) is 96.6 cm³/mol. The minimum Gasteiger partial charge on any atom is -0.449 e. The van der Waals surface area contributed by atoms with E-state index in [0.29, 0.717) is 11.3 Å². The lowest BCUT2D eigenvalue weighted by atomic mass is 10.2. The Morgan fingerprint density at radius 3 is 2.35 bits per heavy atom. The van der Waals surface area contributed by atoms with Crippen molar-refractivity contribution in [3.63, 3.8) is 0 Å². The fourth-order valence-corrected chi connectivity index (χ4v) is 2.21. The molecule has 0 aliphatic carbocycles. The number of amides is 2. The van der Waals surface area contributed by atoms with E-state index in [0.717, 1.165) is 5.56 Å². The van der Waals surface area contributed by atoms with Crippen LogP contribution < -0.4 is 5.32 Å². The Balaban J connectivity index is 1.86. The van der Waals surface area contributed by atoms with Gasteiger partial charge in [-0.3, -0.25) is 14.6 Å². The number of ether oxygens (including phenoxy) is 1. The summed E-state index contributed by atoms with van der Waals surface area (Å²) in [5.74, 6) is -1.42. The normalized spacial score (nSPS) is 11.3. The van der Waals surface area contributed by atoms with Gasteiger partial charge in [-0.1, -0.05) is 17.7 Å². The zero-order valence-electron chi connectivity index (χ0n) is 14.9. The highest BCUT2D eigenvalue weighted by atomic mass is 16.5. The van der Waals surface area contributed by atoms with Crippen molar-refractivity contribution in [2.45, 2.75) is 20.0 Å². The van der Waals surface area contributed by atoms with Gasteiger partial charge in [-0.05, 0) is 38.1 Å². The van der Waals surface area contributed by atoms with E-state index in [9.17, 15) is 14.4 Å². The van der Waals surface area contributed by atoms with E-state index < -0.39 is 18.0 Å². The first-order chi connectivity index (χ1) is 12.4. The van der Waals surface area contributed by atoms with Crippen LogP contribution in [-0.2, 0) is 14.3 Å². The van der Waals surface area contributed by atoms with Gasteiger partial charge in [-0.15, -0.1) is 0 Å². The highest BCUT2D eigenvalue weighted by Crippen LogP contribution is 2.09. The number of nitrogens with one attached hydrogen (secondary N) is 1. The van der Waals surface area contributed by atoms with E-state index in [1.807, 2.05) is 19.1 Å². The van der Waals surface area contributed by atoms with Crippen LogP contribution in [0.2, 0.25) is 0 Å². The molecule has 1 aromatic heterocycles. The highest BCUT2D eigenvalue weighted by Gasteiger charge is 2.23. The number of pyridine rings is 1. The molecule has 7 heteroatoms. The Kier molecular flexibility index (Phi) is 6.43. The number of benzene rings is 1. The van der Waals surface area contributed by atoms with Crippen molar-refractivity contribution in [1.29, 1.82) is 0 Å². The molecule has 1 aromatic carbocycles. The lowest BCUT2D eigenvalue weighted by Crippen LogP contribution is -2.41. The number of hydrogen-bond acceptors (Lipinski definition) is 5. The second-order valence-electron chi connectivity index (χ2n) is 5.89. The molecule has 26 heavy (non-hydrogen) atoms. The van der Waals surface area contributed by atoms with Crippen LogP contribution in [0.5, 0.6) is 0 Å². The molecule has 1 atom stereocenters. The molecule has 0 saturated carbocycles. The minimum absolute atomic E-state index is 0.149. The molecule has 0 unspecified atom stereocenters. The average Bonchev–Trinajstić information content (AvgIpc) is 2.63. The van der Waals surface area contributed by atoms with Crippen LogP contribution in [0.25, 0.3) is 0 Å². The van der Waals surface area contributed by atoms with Gasteiger partial charge in [0.15, 0.2) is 6.10 Å². The molecule has 0 aliphatic rings. The molecule has 136 valence electrons. The number of anilines is 1. The SMILES string of the molecule is Cc1ccc(NC(=O)CN(C)C(=O)[C@H](C)OC(=O)c2ccncc2)cc1. The number of likely N-dealkylation sites (N-methyl/N-ethyl adjacent to an activating group) is 1. The van der Waals surface area contributed by atoms with Crippen molar-refractivity contribution in [2.75, 3.05) is 18.9 Å². The summed E-state index contributed by atoms with van der Waals surface area (Å²) in [6.45, 7) is 3.27. The number of esters is 1. The molecule has 0 radical (unpaired) electrons. The van der Waals surface area contributed by atoms with E-state index in [4.69, 9.17) is 4.74 Å². The van der Waals surface area contributed by atoms with Crippen molar-refractivity contribution in [1.82, 2.24) is 9.88 Å². The number of carbonyl (C=O) groups excluding carboxylic acids is 3. The predicted octanol–water partition coefficient (Wildman–Crippen LogP) is 2.03. The molecule has 0 bridgehead atoms. The van der Waals surface area contributed by atoms with Gasteiger partial charge >= 0.3 is 5.97 Å². The summed E-state index contributed by atoms with van der Waals surface area (Å²) in [6.07, 6.45) is 1.92. The Morgan fingerprint density at radius 2 is 1.73 bits per heavy atom. The monoisotopic (exact) mass is 355 g/mol. The molecule has 2 aromatic rings. The van der Waals surface area contributed by atoms with Gasteiger partial charge in [0.25, 0.3) is 5.91 Å². The van der Waals surface area contributed by atoms with E-state index in [1.54, 1.807) is 12.1 Å². The van der Waals surface area contributed by atoms with Crippen molar-refractivity contribution >= 4 is 23.5 Å².